The molecule has 4 rings (SSSR count). The molecule has 11 heteroatoms. The van der Waals surface area contributed by atoms with Crippen molar-refractivity contribution in [3.05, 3.63) is 0 Å². The lowest BCUT2D eigenvalue weighted by Crippen LogP contribution is -2.65. The zero-order valence-corrected chi connectivity index (χ0v) is 34.0. The molecule has 304 valence electrons. The molecule has 11 atom stereocenters. The van der Waals surface area contributed by atoms with Crippen LogP contribution in [0.4, 0.5) is 0 Å². The number of hydrogen-bond acceptors (Lipinski definition) is 11. The lowest BCUT2D eigenvalue weighted by Gasteiger charge is -2.52. The van der Waals surface area contributed by atoms with E-state index in [1.165, 1.54) is 85.0 Å². The average Bonchev–Trinajstić information content (AvgIpc) is 3.75. The maximum Gasteiger partial charge on any atom is 0.306 e. The first-order valence-electron chi connectivity index (χ1n) is 20.8. The van der Waals surface area contributed by atoms with Gasteiger partial charge in [0.05, 0.1) is 12.7 Å². The molecule has 3 heterocycles. The van der Waals surface area contributed by atoms with Crippen LogP contribution in [-0.4, -0.2) is 82.9 Å². The molecule has 0 aromatic rings. The van der Waals surface area contributed by atoms with Gasteiger partial charge < -0.3 is 33.5 Å². The summed E-state index contributed by atoms with van der Waals surface area (Å²) in [5.74, 6) is -3.03. The summed E-state index contributed by atoms with van der Waals surface area (Å²) in [6.45, 7) is 14.1. The number of esters is 4. The molecule has 3 aliphatic heterocycles. The maximum absolute atomic E-state index is 13.3. The Labute approximate surface area is 318 Å². The van der Waals surface area contributed by atoms with E-state index >= 15 is 0 Å². The van der Waals surface area contributed by atoms with Gasteiger partial charge in [-0.05, 0) is 39.0 Å². The first kappa shape index (κ1) is 43.5. The van der Waals surface area contributed by atoms with Crippen LogP contribution in [0.15, 0.2) is 0 Å². The smallest absolute Gasteiger partial charge is 0.306 e. The number of unbranched alkanes of at least 4 members (excludes halogenated alkanes) is 12. The predicted molar refractivity (Wildman–Crippen MR) is 199 cm³/mol. The molecular formula is C42H70O11. The number of aliphatic hydroxyl groups is 1. The van der Waals surface area contributed by atoms with Crippen molar-refractivity contribution in [3.8, 4) is 0 Å². The summed E-state index contributed by atoms with van der Waals surface area (Å²) in [5, 5.41) is 12.1. The third-order valence-corrected chi connectivity index (χ3v) is 12.4. The minimum absolute atomic E-state index is 0.0605. The highest BCUT2D eigenvalue weighted by Gasteiger charge is 2.76. The molecule has 0 aromatic carbocycles. The standard InChI is InChI=1S/C42H70O11/c1-9-10-11-12-13-14-15-16-17-18-19-20-21-22-33(46)52-32-23-24-41(8,53-30(6)45)38-35-34(27(2)3)37(49-28(4)43)39(50-29(5)44)42(26-48-42)36(35)31(51-38)25-40(32,7)47/h27,31-32,34-39,47H,9-26H2,1-8H3/t31-,32+,34-,35-,36-,37+,38-,39+,40+,41-,42-/m1/s1. The molecule has 1 saturated carbocycles. The lowest BCUT2D eigenvalue weighted by molar-refractivity contribution is -0.208. The molecule has 1 aliphatic carbocycles. The Kier molecular flexibility index (Phi) is 15.6. The second-order valence-corrected chi connectivity index (χ2v) is 17.3. The van der Waals surface area contributed by atoms with E-state index in [9.17, 15) is 24.3 Å². The van der Waals surface area contributed by atoms with Gasteiger partial charge in [-0.15, -0.1) is 0 Å². The van der Waals surface area contributed by atoms with Crippen molar-refractivity contribution in [1.82, 2.24) is 0 Å². The van der Waals surface area contributed by atoms with Gasteiger partial charge in [-0.1, -0.05) is 97.8 Å². The fourth-order valence-corrected chi connectivity index (χ4v) is 9.98. The normalized spacial score (nSPS) is 36.2. The van der Waals surface area contributed by atoms with E-state index in [0.29, 0.717) is 0 Å². The Balaban J connectivity index is 1.46. The third-order valence-electron chi connectivity index (χ3n) is 12.4. The highest BCUT2D eigenvalue weighted by atomic mass is 16.7. The largest absolute Gasteiger partial charge is 0.459 e. The van der Waals surface area contributed by atoms with Crippen LogP contribution in [0.5, 0.6) is 0 Å². The molecule has 0 radical (unpaired) electrons. The summed E-state index contributed by atoms with van der Waals surface area (Å²) in [4.78, 5) is 51.0. The van der Waals surface area contributed by atoms with Gasteiger partial charge in [-0.2, -0.15) is 0 Å². The van der Waals surface area contributed by atoms with Crippen LogP contribution >= 0.6 is 0 Å². The monoisotopic (exact) mass is 750 g/mol. The van der Waals surface area contributed by atoms with Gasteiger partial charge in [0.25, 0.3) is 0 Å². The van der Waals surface area contributed by atoms with E-state index in [-0.39, 0.29) is 56.0 Å². The molecule has 11 nitrogen and oxygen atoms in total. The Morgan fingerprint density at radius 2 is 1.34 bits per heavy atom. The molecule has 53 heavy (non-hydrogen) atoms. The summed E-state index contributed by atoms with van der Waals surface area (Å²) in [5.41, 5.74) is -3.71. The van der Waals surface area contributed by atoms with Crippen LogP contribution in [0.2, 0.25) is 0 Å². The predicted octanol–water partition coefficient (Wildman–Crippen LogP) is 7.55. The Morgan fingerprint density at radius 3 is 1.83 bits per heavy atom. The highest BCUT2D eigenvalue weighted by Crippen LogP contribution is 2.63. The number of rotatable bonds is 19. The Morgan fingerprint density at radius 1 is 0.792 bits per heavy atom. The van der Waals surface area contributed by atoms with Crippen LogP contribution in [0, 0.1) is 23.7 Å². The molecule has 0 amide bonds. The fourth-order valence-electron chi connectivity index (χ4n) is 9.98. The average molecular weight is 751 g/mol. The number of fused-ring (bicyclic) bond motifs is 6. The van der Waals surface area contributed by atoms with Crippen molar-refractivity contribution in [2.45, 2.75) is 212 Å². The van der Waals surface area contributed by atoms with Crippen LogP contribution < -0.4 is 0 Å². The number of ether oxygens (including phenoxy) is 6. The quantitative estimate of drug-likeness (QED) is 0.0604. The molecule has 4 fully saturated rings. The van der Waals surface area contributed by atoms with Crippen LogP contribution in [-0.2, 0) is 47.6 Å². The number of epoxide rings is 1. The van der Waals surface area contributed by atoms with Crippen molar-refractivity contribution in [1.29, 1.82) is 0 Å². The van der Waals surface area contributed by atoms with Crippen molar-refractivity contribution in [2.24, 2.45) is 23.7 Å². The summed E-state index contributed by atoms with van der Waals surface area (Å²) < 4.78 is 37.2. The van der Waals surface area contributed by atoms with Gasteiger partial charge in [-0.3, -0.25) is 19.2 Å². The van der Waals surface area contributed by atoms with Crippen LogP contribution in [0.3, 0.4) is 0 Å². The summed E-state index contributed by atoms with van der Waals surface area (Å²) in [7, 11) is 0. The van der Waals surface area contributed by atoms with Crippen molar-refractivity contribution >= 4 is 23.9 Å². The SMILES string of the molecule is CCCCCCCCCCCCCCCC(=O)O[C@H]1CC[C@@](C)(OC(C)=O)[C@@H]2O[C@H](C[C@]1(C)O)[C@@H]1[C@H]2[C@@H](C(C)C)[C@H](OC(C)=O)[C@H](OC(C)=O)[C@@]12CO2. The topological polar surface area (TPSA) is 147 Å². The van der Waals surface area contributed by atoms with Gasteiger partial charge in [0.2, 0.25) is 0 Å². The second kappa shape index (κ2) is 19.1. The Hall–Kier alpha value is -2.24. The van der Waals surface area contributed by atoms with E-state index < -0.39 is 71.1 Å². The van der Waals surface area contributed by atoms with Crippen molar-refractivity contribution < 1.29 is 52.7 Å². The second-order valence-electron chi connectivity index (χ2n) is 17.3. The van der Waals surface area contributed by atoms with E-state index in [1.807, 2.05) is 20.8 Å². The zero-order valence-electron chi connectivity index (χ0n) is 34.0. The molecule has 1 N–H and O–H groups in total. The first-order chi connectivity index (χ1) is 25.1. The summed E-state index contributed by atoms with van der Waals surface area (Å²) in [6, 6.07) is 0. The molecule has 3 saturated heterocycles. The Bertz CT molecular complexity index is 1230. The first-order valence-corrected chi connectivity index (χ1v) is 20.8. The molecule has 4 aliphatic rings. The highest BCUT2D eigenvalue weighted by molar-refractivity contribution is 5.70. The van der Waals surface area contributed by atoms with E-state index in [0.717, 1.165) is 19.3 Å². The number of carbonyl (C=O) groups excluding carboxylic acids is 4. The molecule has 0 unspecified atom stereocenters. The van der Waals surface area contributed by atoms with Crippen LogP contribution in [0.25, 0.3) is 0 Å². The zero-order chi connectivity index (χ0) is 39.0. The minimum Gasteiger partial charge on any atom is -0.459 e. The summed E-state index contributed by atoms with van der Waals surface area (Å²) in [6.07, 6.45) is 12.8. The number of hydrogen-bond donors (Lipinski definition) is 1. The molecule has 2 bridgehead atoms. The maximum atomic E-state index is 13.3. The van der Waals surface area contributed by atoms with Gasteiger partial charge >= 0.3 is 23.9 Å². The van der Waals surface area contributed by atoms with Gasteiger partial charge in [0, 0.05) is 51.4 Å². The van der Waals surface area contributed by atoms with Gasteiger partial charge in [0.1, 0.15) is 35.1 Å². The third kappa shape index (κ3) is 11.0. The summed E-state index contributed by atoms with van der Waals surface area (Å²) >= 11 is 0. The van der Waals surface area contributed by atoms with E-state index in [2.05, 4.69) is 6.92 Å². The lowest BCUT2D eigenvalue weighted by atomic mass is 9.56. The number of carbonyl (C=O) groups is 4. The van der Waals surface area contributed by atoms with E-state index in [1.54, 1.807) is 6.92 Å². The van der Waals surface area contributed by atoms with Gasteiger partial charge in [-0.25, -0.2) is 0 Å². The fraction of sp³-hybridized carbons (Fsp3) is 0.905. The minimum atomic E-state index is -1.50. The molecule has 1 spiro atoms. The van der Waals surface area contributed by atoms with Crippen molar-refractivity contribution in [3.63, 3.8) is 0 Å². The van der Waals surface area contributed by atoms with Crippen molar-refractivity contribution in [2.75, 3.05) is 6.61 Å². The molecule has 0 aromatic heterocycles. The van der Waals surface area contributed by atoms with E-state index in [4.69, 9.17) is 28.4 Å². The van der Waals surface area contributed by atoms with Gasteiger partial charge in [0.15, 0.2) is 6.10 Å². The molecular weight excluding hydrogens is 680 g/mol. The van der Waals surface area contributed by atoms with Crippen LogP contribution in [0.1, 0.15) is 165 Å².